The van der Waals surface area contributed by atoms with Gasteiger partial charge < -0.3 is 4.42 Å². The first-order valence-electron chi connectivity index (χ1n) is 5.65. The molecule has 0 aliphatic rings. The average molecular weight is 269 g/mol. The summed E-state index contributed by atoms with van der Waals surface area (Å²) in [5.41, 5.74) is 3.06. The van der Waals surface area contributed by atoms with Gasteiger partial charge >= 0.3 is 0 Å². The third kappa shape index (κ3) is 1.77. The van der Waals surface area contributed by atoms with Crippen LogP contribution in [-0.4, -0.2) is 15.3 Å². The quantitative estimate of drug-likeness (QED) is 0.554. The van der Waals surface area contributed by atoms with E-state index in [0.717, 1.165) is 27.0 Å². The van der Waals surface area contributed by atoms with E-state index in [1.54, 1.807) is 0 Å². The molecule has 0 radical (unpaired) electrons. The fourth-order valence-corrected chi connectivity index (χ4v) is 2.70. The first kappa shape index (κ1) is 10.6. The highest BCUT2D eigenvalue weighted by molar-refractivity contribution is 7.99. The van der Waals surface area contributed by atoms with Crippen LogP contribution in [0.5, 0.6) is 0 Å². The van der Waals surface area contributed by atoms with Gasteiger partial charge in [-0.1, -0.05) is 18.2 Å². The zero-order chi connectivity index (χ0) is 12.7. The number of hydrogen-bond donors (Lipinski definition) is 0. The maximum Gasteiger partial charge on any atom is 0.261 e. The van der Waals surface area contributed by atoms with Crippen LogP contribution in [0.2, 0.25) is 0 Å². The van der Waals surface area contributed by atoms with Gasteiger partial charge in [-0.3, -0.25) is 0 Å². The summed E-state index contributed by atoms with van der Waals surface area (Å²) in [6.45, 7) is 0. The summed E-state index contributed by atoms with van der Waals surface area (Å²) in [5.74, 6) is 0. The van der Waals surface area contributed by atoms with Gasteiger partial charge in [-0.25, -0.2) is 9.61 Å². The lowest BCUT2D eigenvalue weighted by atomic mass is 10.3. The van der Waals surface area contributed by atoms with Crippen molar-refractivity contribution < 1.29 is 9.05 Å². The summed E-state index contributed by atoms with van der Waals surface area (Å²) in [6.07, 6.45) is 0. The standard InChI is InChI=1S/C13H7N3O2S/c1-2-6-10-8(4-1)14-13(17-10)19-11-7-3-5-9-12(11)16-18-15-9/h1-7H. The minimum Gasteiger partial charge on any atom is -0.431 e. The molecule has 0 N–H and O–H groups in total. The topological polar surface area (TPSA) is 65.0 Å². The number of rotatable bonds is 2. The maximum absolute atomic E-state index is 5.67. The van der Waals surface area contributed by atoms with Crippen LogP contribution in [0.25, 0.3) is 22.1 Å². The molecule has 19 heavy (non-hydrogen) atoms. The van der Waals surface area contributed by atoms with Crippen LogP contribution in [0.1, 0.15) is 0 Å². The van der Waals surface area contributed by atoms with E-state index in [-0.39, 0.29) is 0 Å². The maximum atomic E-state index is 5.67. The van der Waals surface area contributed by atoms with E-state index in [9.17, 15) is 0 Å². The molecule has 0 atom stereocenters. The van der Waals surface area contributed by atoms with E-state index in [2.05, 4.69) is 15.3 Å². The molecular weight excluding hydrogens is 262 g/mol. The summed E-state index contributed by atoms with van der Waals surface area (Å²) in [5, 5.41) is 8.29. The molecule has 2 aromatic carbocycles. The normalized spacial score (nSPS) is 11.4. The van der Waals surface area contributed by atoms with Gasteiger partial charge in [0.15, 0.2) is 5.58 Å². The van der Waals surface area contributed by atoms with Gasteiger partial charge in [0.05, 0.1) is 0 Å². The fraction of sp³-hybridized carbons (Fsp3) is 0. The van der Waals surface area contributed by atoms with Gasteiger partial charge in [0.1, 0.15) is 16.6 Å². The Morgan fingerprint density at radius 2 is 1.79 bits per heavy atom. The number of para-hydroxylation sites is 2. The molecule has 0 amide bonds. The van der Waals surface area contributed by atoms with Gasteiger partial charge in [-0.2, -0.15) is 0 Å². The lowest BCUT2D eigenvalue weighted by molar-refractivity contribution is 0.315. The highest BCUT2D eigenvalue weighted by Gasteiger charge is 2.12. The molecule has 4 rings (SSSR count). The van der Waals surface area contributed by atoms with E-state index in [4.69, 9.17) is 9.05 Å². The molecule has 0 spiro atoms. The average Bonchev–Trinajstić information content (AvgIpc) is 3.04. The van der Waals surface area contributed by atoms with Crippen molar-refractivity contribution in [3.8, 4) is 0 Å². The molecule has 5 nitrogen and oxygen atoms in total. The Hall–Kier alpha value is -2.34. The molecule has 0 saturated heterocycles. The summed E-state index contributed by atoms with van der Waals surface area (Å²) >= 11 is 1.41. The van der Waals surface area contributed by atoms with Gasteiger partial charge in [0.2, 0.25) is 0 Å². The lowest BCUT2D eigenvalue weighted by Crippen LogP contribution is -1.76. The van der Waals surface area contributed by atoms with Crippen molar-refractivity contribution in [2.24, 2.45) is 0 Å². The molecule has 0 fully saturated rings. The summed E-state index contributed by atoms with van der Waals surface area (Å²) in [4.78, 5) is 5.32. The van der Waals surface area contributed by atoms with Crippen molar-refractivity contribution in [3.63, 3.8) is 0 Å². The van der Waals surface area contributed by atoms with Crippen molar-refractivity contribution in [1.29, 1.82) is 0 Å². The first-order valence-corrected chi connectivity index (χ1v) is 6.46. The largest absolute Gasteiger partial charge is 0.431 e. The zero-order valence-electron chi connectivity index (χ0n) is 9.61. The molecule has 0 saturated carbocycles. The number of nitrogens with zero attached hydrogens (tertiary/aromatic N) is 3. The van der Waals surface area contributed by atoms with Crippen LogP contribution in [0.3, 0.4) is 0 Å². The number of benzene rings is 2. The molecular formula is C13H7N3O2S. The minimum absolute atomic E-state index is 0.580. The van der Waals surface area contributed by atoms with Crippen LogP contribution in [0, 0.1) is 0 Å². The zero-order valence-corrected chi connectivity index (χ0v) is 10.4. The Morgan fingerprint density at radius 3 is 2.74 bits per heavy atom. The number of aromatic nitrogens is 3. The smallest absolute Gasteiger partial charge is 0.261 e. The van der Waals surface area contributed by atoms with Crippen LogP contribution >= 0.6 is 11.8 Å². The van der Waals surface area contributed by atoms with Crippen LogP contribution < -0.4 is 0 Å². The second-order valence-corrected chi connectivity index (χ2v) is 4.93. The fourth-order valence-electron chi connectivity index (χ4n) is 1.85. The number of hydrogen-bond acceptors (Lipinski definition) is 6. The van der Waals surface area contributed by atoms with E-state index in [0.29, 0.717) is 5.22 Å². The second-order valence-electron chi connectivity index (χ2n) is 3.94. The predicted molar refractivity (Wildman–Crippen MR) is 69.9 cm³/mol. The van der Waals surface area contributed by atoms with E-state index in [1.165, 1.54) is 11.8 Å². The van der Waals surface area contributed by atoms with Crippen molar-refractivity contribution in [3.05, 3.63) is 42.5 Å². The molecule has 4 aromatic rings. The molecule has 2 heterocycles. The molecule has 6 heteroatoms. The molecule has 0 aliphatic carbocycles. The van der Waals surface area contributed by atoms with Crippen molar-refractivity contribution >= 4 is 33.9 Å². The Kier molecular flexibility index (Phi) is 2.28. The number of fused-ring (bicyclic) bond motifs is 2. The summed E-state index contributed by atoms with van der Waals surface area (Å²) in [7, 11) is 0. The Bertz CT molecular complexity index is 835. The van der Waals surface area contributed by atoms with Gasteiger partial charge in [-0.05, 0) is 46.3 Å². The van der Waals surface area contributed by atoms with E-state index < -0.39 is 0 Å². The van der Waals surface area contributed by atoms with Crippen LogP contribution in [-0.2, 0) is 0 Å². The van der Waals surface area contributed by atoms with Gasteiger partial charge in [0, 0.05) is 4.90 Å². The first-order chi connectivity index (χ1) is 9.40. The Balaban J connectivity index is 1.79. The second kappa shape index (κ2) is 4.10. The monoisotopic (exact) mass is 269 g/mol. The van der Waals surface area contributed by atoms with E-state index >= 15 is 0 Å². The lowest BCUT2D eigenvalue weighted by Gasteiger charge is -1.95. The van der Waals surface area contributed by atoms with Crippen molar-refractivity contribution in [2.75, 3.05) is 0 Å². The predicted octanol–water partition coefficient (Wildman–Crippen LogP) is 3.52. The Morgan fingerprint density at radius 1 is 0.895 bits per heavy atom. The molecule has 0 unspecified atom stereocenters. The highest BCUT2D eigenvalue weighted by atomic mass is 32.2. The summed E-state index contributed by atoms with van der Waals surface area (Å²) in [6, 6.07) is 13.4. The van der Waals surface area contributed by atoms with Gasteiger partial charge in [0.25, 0.3) is 5.22 Å². The third-order valence-electron chi connectivity index (χ3n) is 2.72. The SMILES string of the molecule is c1ccc2oc(Sc3cccc4nonc34)nc2c1. The van der Waals surface area contributed by atoms with E-state index in [1.807, 2.05) is 42.5 Å². The van der Waals surface area contributed by atoms with Crippen molar-refractivity contribution in [2.45, 2.75) is 10.1 Å². The summed E-state index contributed by atoms with van der Waals surface area (Å²) < 4.78 is 10.4. The van der Waals surface area contributed by atoms with Crippen molar-refractivity contribution in [1.82, 2.24) is 15.3 Å². The third-order valence-corrected chi connectivity index (χ3v) is 3.62. The molecule has 0 aliphatic heterocycles. The van der Waals surface area contributed by atoms with Crippen LogP contribution in [0.4, 0.5) is 0 Å². The van der Waals surface area contributed by atoms with Gasteiger partial charge in [-0.15, -0.1) is 0 Å². The minimum atomic E-state index is 0.580. The Labute approximate surface area is 111 Å². The number of oxazole rings is 1. The molecule has 2 aromatic heterocycles. The highest BCUT2D eigenvalue weighted by Crippen LogP contribution is 2.33. The molecule has 0 bridgehead atoms. The van der Waals surface area contributed by atoms with Crippen LogP contribution in [0.15, 0.2) is 61.6 Å². The molecule has 92 valence electrons.